The van der Waals surface area contributed by atoms with E-state index in [4.69, 9.17) is 14.2 Å². The lowest BCUT2D eigenvalue weighted by Gasteiger charge is -2.57. The van der Waals surface area contributed by atoms with Gasteiger partial charge >= 0.3 is 17.9 Å². The molecular weight excluding hydrogens is 464 g/mol. The van der Waals surface area contributed by atoms with Crippen LogP contribution in [0.25, 0.3) is 0 Å². The molecule has 5 N–H and O–H groups in total. The van der Waals surface area contributed by atoms with Crippen LogP contribution in [0.2, 0.25) is 0 Å². The van der Waals surface area contributed by atoms with Crippen LogP contribution in [0.3, 0.4) is 0 Å². The van der Waals surface area contributed by atoms with Gasteiger partial charge in [0.05, 0.1) is 5.60 Å². The van der Waals surface area contributed by atoms with Gasteiger partial charge in [0.15, 0.2) is 17.3 Å². The Balaban J connectivity index is 2.41. The number of hydrogen-bond acceptors (Lipinski definition) is 11. The summed E-state index contributed by atoms with van der Waals surface area (Å²) in [6, 6.07) is 0. The van der Waals surface area contributed by atoms with E-state index in [0.29, 0.717) is 5.57 Å². The predicted octanol–water partition coefficient (Wildman–Crippen LogP) is -0.728. The third kappa shape index (κ3) is 4.09. The van der Waals surface area contributed by atoms with E-state index in [0.717, 1.165) is 20.8 Å². The molecule has 2 aliphatic carbocycles. The van der Waals surface area contributed by atoms with Crippen LogP contribution in [0.15, 0.2) is 23.8 Å². The van der Waals surface area contributed by atoms with Gasteiger partial charge in [-0.2, -0.15) is 0 Å². The molecule has 0 saturated carbocycles. The highest BCUT2D eigenvalue weighted by atomic mass is 16.6. The molecule has 0 spiro atoms. The number of ether oxygens (including phenoxy) is 3. The molecule has 0 aromatic carbocycles. The second-order valence-electron chi connectivity index (χ2n) is 10.4. The molecule has 3 aliphatic rings. The first-order valence-electron chi connectivity index (χ1n) is 11.4. The molecule has 1 fully saturated rings. The molecule has 196 valence electrons. The third-order valence-corrected chi connectivity index (χ3v) is 7.68. The van der Waals surface area contributed by atoms with Crippen LogP contribution in [0.5, 0.6) is 0 Å². The Hall–Kier alpha value is -2.31. The van der Waals surface area contributed by atoms with Gasteiger partial charge in [0, 0.05) is 31.6 Å². The molecule has 0 radical (unpaired) electrons. The summed E-state index contributed by atoms with van der Waals surface area (Å²) in [7, 11) is 0. The third-order valence-electron chi connectivity index (χ3n) is 7.68. The standard InChI is InChI=1S/C24H34O11/c1-11-9-14(33-12(2)25)18(28)21(4)8-7-15(27)22(5,30)17(21)19(34-13(3)26)24(32)16(10-11)35-20(29)23(24,6)31/h7-8,10,14-19,27-28,30-32H,9H2,1-6H3/b11-10-/t14-,15-,16+,17-,18-,19+,21+,22-,23-,24+/m1/s1. The van der Waals surface area contributed by atoms with Gasteiger partial charge < -0.3 is 39.7 Å². The van der Waals surface area contributed by atoms with E-state index >= 15 is 0 Å². The zero-order chi connectivity index (χ0) is 26.7. The van der Waals surface area contributed by atoms with Gasteiger partial charge in [-0.15, -0.1) is 0 Å². The van der Waals surface area contributed by atoms with Crippen LogP contribution >= 0.6 is 0 Å². The van der Waals surface area contributed by atoms with Crippen molar-refractivity contribution in [2.45, 2.75) is 95.3 Å². The van der Waals surface area contributed by atoms with E-state index < -0.39 is 76.6 Å². The number of carbonyl (C=O) groups excluding carboxylic acids is 3. The maximum absolute atomic E-state index is 12.7. The van der Waals surface area contributed by atoms with Crippen LogP contribution in [-0.4, -0.2) is 90.8 Å². The van der Waals surface area contributed by atoms with E-state index in [9.17, 15) is 39.9 Å². The molecular formula is C24H34O11. The first kappa shape index (κ1) is 27.3. The van der Waals surface area contributed by atoms with Gasteiger partial charge in [-0.1, -0.05) is 24.6 Å². The molecule has 0 unspecified atom stereocenters. The fourth-order valence-corrected chi connectivity index (χ4v) is 5.75. The van der Waals surface area contributed by atoms with Gasteiger partial charge in [0.2, 0.25) is 0 Å². The zero-order valence-corrected chi connectivity index (χ0v) is 20.6. The van der Waals surface area contributed by atoms with Crippen molar-refractivity contribution >= 4 is 17.9 Å². The Morgan fingerprint density at radius 2 is 1.63 bits per heavy atom. The first-order chi connectivity index (χ1) is 15.9. The molecule has 1 saturated heterocycles. The number of esters is 3. The smallest absolute Gasteiger partial charge is 0.341 e. The molecule has 0 bridgehead atoms. The minimum Gasteiger partial charge on any atom is -0.459 e. The Bertz CT molecular complexity index is 967. The molecule has 1 aliphatic heterocycles. The molecule has 0 aromatic rings. The molecule has 3 rings (SSSR count). The highest BCUT2D eigenvalue weighted by Crippen LogP contribution is 2.55. The SMILES string of the molecule is CC(=O)O[C@@H]1C/C(C)=C\[C@@H]2OC(=O)[C@@](C)(O)[C@@]2(O)[C@@H](OC(C)=O)[C@H]2[C@](C)(O)[C@H](O)C=C[C@]2(C)[C@@H]1O. The molecule has 11 heteroatoms. The summed E-state index contributed by atoms with van der Waals surface area (Å²) in [6.07, 6.45) is -3.82. The van der Waals surface area contributed by atoms with E-state index in [-0.39, 0.29) is 6.42 Å². The normalized spacial score (nSPS) is 49.1. The number of carbonyl (C=O) groups is 3. The van der Waals surface area contributed by atoms with E-state index in [1.54, 1.807) is 6.92 Å². The molecule has 35 heavy (non-hydrogen) atoms. The second-order valence-corrected chi connectivity index (χ2v) is 10.4. The Morgan fingerprint density at radius 1 is 1.06 bits per heavy atom. The minimum atomic E-state index is -2.65. The summed E-state index contributed by atoms with van der Waals surface area (Å²) in [5.41, 5.74) is -8.63. The van der Waals surface area contributed by atoms with Crippen molar-refractivity contribution in [1.29, 1.82) is 0 Å². The lowest BCUT2D eigenvalue weighted by atomic mass is 9.54. The maximum atomic E-state index is 12.7. The lowest BCUT2D eigenvalue weighted by Crippen LogP contribution is -2.73. The van der Waals surface area contributed by atoms with Crippen LogP contribution in [0, 0.1) is 11.3 Å². The molecule has 11 nitrogen and oxygen atoms in total. The first-order valence-corrected chi connectivity index (χ1v) is 11.4. The monoisotopic (exact) mass is 498 g/mol. The van der Waals surface area contributed by atoms with Gasteiger partial charge in [0.25, 0.3) is 0 Å². The van der Waals surface area contributed by atoms with E-state index in [2.05, 4.69) is 0 Å². The van der Waals surface area contributed by atoms with Crippen molar-refractivity contribution in [3.63, 3.8) is 0 Å². The fraction of sp³-hybridized carbons (Fsp3) is 0.708. The van der Waals surface area contributed by atoms with Crippen molar-refractivity contribution in [3.05, 3.63) is 23.8 Å². The summed E-state index contributed by atoms with van der Waals surface area (Å²) in [5, 5.41) is 57.0. The van der Waals surface area contributed by atoms with E-state index in [1.807, 2.05) is 0 Å². The van der Waals surface area contributed by atoms with Crippen LogP contribution in [0.4, 0.5) is 0 Å². The topological polar surface area (TPSA) is 180 Å². The number of fused-ring (bicyclic) bond motifs is 2. The van der Waals surface area contributed by atoms with Crippen LogP contribution < -0.4 is 0 Å². The lowest BCUT2D eigenvalue weighted by molar-refractivity contribution is -0.260. The van der Waals surface area contributed by atoms with Gasteiger partial charge in [0.1, 0.15) is 24.4 Å². The van der Waals surface area contributed by atoms with Crippen molar-refractivity contribution in [3.8, 4) is 0 Å². The van der Waals surface area contributed by atoms with Crippen molar-refractivity contribution in [2.75, 3.05) is 0 Å². The number of aliphatic hydroxyl groups excluding tert-OH is 2. The largest absolute Gasteiger partial charge is 0.459 e. The summed E-state index contributed by atoms with van der Waals surface area (Å²) in [5.74, 6) is -4.35. The summed E-state index contributed by atoms with van der Waals surface area (Å²) < 4.78 is 16.2. The van der Waals surface area contributed by atoms with E-state index in [1.165, 1.54) is 32.1 Å². The number of aliphatic hydroxyl groups is 5. The zero-order valence-electron chi connectivity index (χ0n) is 20.6. The van der Waals surface area contributed by atoms with Gasteiger partial charge in [-0.3, -0.25) is 9.59 Å². The highest BCUT2D eigenvalue weighted by Gasteiger charge is 2.74. The second kappa shape index (κ2) is 8.67. The van der Waals surface area contributed by atoms with Crippen molar-refractivity contribution in [1.82, 2.24) is 0 Å². The van der Waals surface area contributed by atoms with Gasteiger partial charge in [-0.05, 0) is 26.8 Å². The number of hydrogen-bond donors (Lipinski definition) is 5. The molecule has 0 aromatic heterocycles. The minimum absolute atomic E-state index is 0.0495. The Morgan fingerprint density at radius 3 is 2.17 bits per heavy atom. The number of rotatable bonds is 2. The molecule has 10 atom stereocenters. The Kier molecular flexibility index (Phi) is 6.75. The maximum Gasteiger partial charge on any atom is 0.341 e. The van der Waals surface area contributed by atoms with Crippen molar-refractivity contribution in [2.24, 2.45) is 11.3 Å². The fourth-order valence-electron chi connectivity index (χ4n) is 5.75. The molecule has 1 heterocycles. The summed E-state index contributed by atoms with van der Waals surface area (Å²) in [6.45, 7) is 7.47. The highest BCUT2D eigenvalue weighted by molar-refractivity contribution is 5.84. The quantitative estimate of drug-likeness (QED) is 0.184. The van der Waals surface area contributed by atoms with Crippen molar-refractivity contribution < 1.29 is 54.1 Å². The van der Waals surface area contributed by atoms with Crippen LogP contribution in [0.1, 0.15) is 48.0 Å². The summed E-state index contributed by atoms with van der Waals surface area (Å²) in [4.78, 5) is 36.8. The van der Waals surface area contributed by atoms with Crippen LogP contribution in [-0.2, 0) is 28.6 Å². The summed E-state index contributed by atoms with van der Waals surface area (Å²) >= 11 is 0. The predicted molar refractivity (Wildman–Crippen MR) is 118 cm³/mol. The Labute approximate surface area is 203 Å². The van der Waals surface area contributed by atoms with Gasteiger partial charge in [-0.25, -0.2) is 4.79 Å². The average Bonchev–Trinajstić information content (AvgIpc) is 2.88. The average molecular weight is 499 g/mol. The molecule has 0 amide bonds.